The molecule has 0 aliphatic carbocycles. The van der Waals surface area contributed by atoms with Crippen molar-refractivity contribution in [3.63, 3.8) is 0 Å². The van der Waals surface area contributed by atoms with Crippen molar-refractivity contribution in [3.8, 4) is 0 Å². The van der Waals surface area contributed by atoms with E-state index in [1.54, 1.807) is 0 Å². The number of hydrogen-bond acceptors (Lipinski definition) is 2. The lowest BCUT2D eigenvalue weighted by atomic mass is 9.86. The van der Waals surface area contributed by atoms with Crippen molar-refractivity contribution in [2.24, 2.45) is 5.92 Å². The number of anilines is 1. The quantitative estimate of drug-likeness (QED) is 0.904. The zero-order valence-electron chi connectivity index (χ0n) is 12.4. The molecule has 3 unspecified atom stereocenters. The third kappa shape index (κ3) is 3.06. The number of nitrogens with one attached hydrogen (secondary N) is 1. The van der Waals surface area contributed by atoms with Crippen LogP contribution in [0.1, 0.15) is 32.8 Å². The molecule has 106 valence electrons. The number of aryl methyl sites for hydroxylation is 1. The number of halogens is 1. The van der Waals surface area contributed by atoms with Crippen LogP contribution in [0.5, 0.6) is 0 Å². The maximum Gasteiger partial charge on any atom is 0.0426 e. The zero-order chi connectivity index (χ0) is 14.0. The highest BCUT2D eigenvalue weighted by Crippen LogP contribution is 2.32. The Balaban J connectivity index is 2.20. The van der Waals surface area contributed by atoms with Gasteiger partial charge in [0.2, 0.25) is 0 Å². The Bertz CT molecular complexity index is 433. The van der Waals surface area contributed by atoms with E-state index < -0.39 is 0 Å². The van der Waals surface area contributed by atoms with E-state index in [2.05, 4.69) is 50.0 Å². The van der Waals surface area contributed by atoms with Crippen LogP contribution in [0.25, 0.3) is 0 Å². The summed E-state index contributed by atoms with van der Waals surface area (Å²) in [6.07, 6.45) is 1.20. The summed E-state index contributed by atoms with van der Waals surface area (Å²) in [5.41, 5.74) is 2.60. The van der Waals surface area contributed by atoms with E-state index >= 15 is 0 Å². The molecule has 0 spiro atoms. The van der Waals surface area contributed by atoms with Crippen LogP contribution in [-0.4, -0.2) is 25.2 Å². The summed E-state index contributed by atoms with van der Waals surface area (Å²) in [6, 6.07) is 7.37. The molecule has 2 rings (SSSR count). The lowest BCUT2D eigenvalue weighted by molar-refractivity contribution is 0.274. The van der Waals surface area contributed by atoms with Gasteiger partial charge in [0.1, 0.15) is 0 Å². The van der Waals surface area contributed by atoms with E-state index in [0.717, 1.165) is 18.1 Å². The van der Waals surface area contributed by atoms with E-state index in [1.165, 1.54) is 17.7 Å². The monoisotopic (exact) mass is 280 g/mol. The fourth-order valence-electron chi connectivity index (χ4n) is 3.15. The lowest BCUT2D eigenvalue weighted by Gasteiger charge is -2.45. The fourth-order valence-corrected chi connectivity index (χ4v) is 3.31. The van der Waals surface area contributed by atoms with Gasteiger partial charge in [-0.05, 0) is 50.4 Å². The number of piperidine rings is 1. The second-order valence-corrected chi connectivity index (χ2v) is 6.11. The molecule has 1 heterocycles. The molecule has 1 fully saturated rings. The van der Waals surface area contributed by atoms with Crippen molar-refractivity contribution in [1.29, 1.82) is 0 Å². The highest BCUT2D eigenvalue weighted by Gasteiger charge is 2.32. The number of nitrogens with zero attached hydrogens (tertiary/aromatic N) is 1. The van der Waals surface area contributed by atoms with Gasteiger partial charge in [0.25, 0.3) is 0 Å². The van der Waals surface area contributed by atoms with Gasteiger partial charge in [0, 0.05) is 29.3 Å². The Morgan fingerprint density at radius 3 is 2.79 bits per heavy atom. The average molecular weight is 281 g/mol. The molecule has 0 bridgehead atoms. The minimum absolute atomic E-state index is 0.537. The molecule has 2 nitrogen and oxygen atoms in total. The molecular formula is C16H25ClN2. The van der Waals surface area contributed by atoms with Crippen LogP contribution in [-0.2, 0) is 0 Å². The molecular weight excluding hydrogens is 256 g/mol. The van der Waals surface area contributed by atoms with E-state index in [9.17, 15) is 0 Å². The second-order valence-electron chi connectivity index (χ2n) is 5.68. The predicted molar refractivity (Wildman–Crippen MR) is 84.2 cm³/mol. The van der Waals surface area contributed by atoms with Gasteiger partial charge in [0.15, 0.2) is 0 Å². The molecule has 0 amide bonds. The molecule has 19 heavy (non-hydrogen) atoms. The van der Waals surface area contributed by atoms with Crippen LogP contribution in [0.4, 0.5) is 5.69 Å². The molecule has 1 aliphatic heterocycles. The van der Waals surface area contributed by atoms with Crippen LogP contribution < -0.4 is 10.2 Å². The largest absolute Gasteiger partial charge is 0.368 e. The Hall–Kier alpha value is -0.730. The van der Waals surface area contributed by atoms with E-state index in [0.29, 0.717) is 18.0 Å². The molecule has 1 aromatic rings. The maximum atomic E-state index is 6.16. The standard InChI is InChI=1S/C16H25ClN2/c1-5-18-15-8-9-19(13(4)12(15)3)16-10-14(17)7-6-11(16)2/h6-7,10,12-13,15,18H,5,8-9H2,1-4H3. The van der Waals surface area contributed by atoms with Gasteiger partial charge in [-0.3, -0.25) is 0 Å². The Labute approximate surface area is 122 Å². The molecule has 1 aliphatic rings. The minimum atomic E-state index is 0.537. The third-order valence-electron chi connectivity index (χ3n) is 4.52. The van der Waals surface area contributed by atoms with Gasteiger partial charge in [0.05, 0.1) is 0 Å². The number of benzene rings is 1. The van der Waals surface area contributed by atoms with Crippen molar-refractivity contribution in [1.82, 2.24) is 5.32 Å². The van der Waals surface area contributed by atoms with Crippen molar-refractivity contribution in [2.75, 3.05) is 18.0 Å². The van der Waals surface area contributed by atoms with Gasteiger partial charge in [-0.25, -0.2) is 0 Å². The summed E-state index contributed by atoms with van der Waals surface area (Å²) < 4.78 is 0. The normalized spacial score (nSPS) is 27.6. The molecule has 1 N–H and O–H groups in total. The van der Waals surface area contributed by atoms with Gasteiger partial charge < -0.3 is 10.2 Å². The summed E-state index contributed by atoms with van der Waals surface area (Å²) in [7, 11) is 0. The molecule has 0 saturated carbocycles. The first-order valence-corrected chi connectivity index (χ1v) is 7.68. The SMILES string of the molecule is CCNC1CCN(c2cc(Cl)ccc2C)C(C)C1C. The molecule has 3 heteroatoms. The predicted octanol–water partition coefficient (Wildman–Crippen LogP) is 3.86. The van der Waals surface area contributed by atoms with Crippen molar-refractivity contribution in [2.45, 2.75) is 46.2 Å². The topological polar surface area (TPSA) is 15.3 Å². The van der Waals surface area contributed by atoms with Gasteiger partial charge >= 0.3 is 0 Å². The zero-order valence-corrected chi connectivity index (χ0v) is 13.2. The van der Waals surface area contributed by atoms with E-state index in [4.69, 9.17) is 11.6 Å². The summed E-state index contributed by atoms with van der Waals surface area (Å²) >= 11 is 6.16. The van der Waals surface area contributed by atoms with Crippen LogP contribution in [0.3, 0.4) is 0 Å². The average Bonchev–Trinajstić information content (AvgIpc) is 2.39. The van der Waals surface area contributed by atoms with E-state index in [1.807, 2.05) is 6.07 Å². The van der Waals surface area contributed by atoms with E-state index in [-0.39, 0.29) is 0 Å². The highest BCUT2D eigenvalue weighted by molar-refractivity contribution is 6.30. The summed E-state index contributed by atoms with van der Waals surface area (Å²) in [5.74, 6) is 0.645. The molecule has 3 atom stereocenters. The Kier molecular flexibility index (Phi) is 4.75. The van der Waals surface area contributed by atoms with Crippen LogP contribution in [0, 0.1) is 12.8 Å². The minimum Gasteiger partial charge on any atom is -0.368 e. The van der Waals surface area contributed by atoms with Crippen molar-refractivity contribution < 1.29 is 0 Å². The first-order chi connectivity index (χ1) is 9.04. The maximum absolute atomic E-state index is 6.16. The third-order valence-corrected chi connectivity index (χ3v) is 4.75. The summed E-state index contributed by atoms with van der Waals surface area (Å²) in [6.45, 7) is 11.2. The summed E-state index contributed by atoms with van der Waals surface area (Å²) in [4.78, 5) is 2.51. The number of rotatable bonds is 3. The molecule has 1 aromatic carbocycles. The highest BCUT2D eigenvalue weighted by atomic mass is 35.5. The molecule has 0 radical (unpaired) electrons. The molecule has 0 aromatic heterocycles. The van der Waals surface area contributed by atoms with Crippen LogP contribution in [0.15, 0.2) is 18.2 Å². The van der Waals surface area contributed by atoms with Gasteiger partial charge in [-0.2, -0.15) is 0 Å². The lowest BCUT2D eigenvalue weighted by Crippen LogP contribution is -2.53. The second kappa shape index (κ2) is 6.15. The number of hydrogen-bond donors (Lipinski definition) is 1. The smallest absolute Gasteiger partial charge is 0.0426 e. The van der Waals surface area contributed by atoms with Crippen molar-refractivity contribution in [3.05, 3.63) is 28.8 Å². The first kappa shape index (κ1) is 14.7. The first-order valence-electron chi connectivity index (χ1n) is 7.30. The fraction of sp³-hybridized carbons (Fsp3) is 0.625. The van der Waals surface area contributed by atoms with Crippen LogP contribution >= 0.6 is 11.6 Å². The Morgan fingerprint density at radius 2 is 2.11 bits per heavy atom. The Morgan fingerprint density at radius 1 is 1.37 bits per heavy atom. The molecule has 1 saturated heterocycles. The van der Waals surface area contributed by atoms with Gasteiger partial charge in [-0.1, -0.05) is 31.5 Å². The van der Waals surface area contributed by atoms with Crippen LogP contribution in [0.2, 0.25) is 5.02 Å². The van der Waals surface area contributed by atoms with Crippen molar-refractivity contribution >= 4 is 17.3 Å². The summed E-state index contributed by atoms with van der Waals surface area (Å²) in [5, 5.41) is 4.44. The van der Waals surface area contributed by atoms with Gasteiger partial charge in [-0.15, -0.1) is 0 Å².